The van der Waals surface area contributed by atoms with Crippen molar-refractivity contribution in [3.8, 4) is 11.1 Å². The minimum Gasteiger partial charge on any atom is -0.397 e. The van der Waals surface area contributed by atoms with E-state index < -0.39 is 5.91 Å². The standard InChI is InChI=1S/C25H19FN6O/c26-19-9-5-16(6-10-19)18-8-12-21(27)23(13-18)29-25(33)24-15-32(31-30-24)14-20-11-7-17-3-1-2-4-22(17)28-20/h1-13,15H,14,27H2,(H,29,33). The summed E-state index contributed by atoms with van der Waals surface area (Å²) < 4.78 is 14.8. The number of amides is 1. The van der Waals surface area contributed by atoms with Crippen molar-refractivity contribution in [3.63, 3.8) is 0 Å². The van der Waals surface area contributed by atoms with Crippen LogP contribution in [0.3, 0.4) is 0 Å². The molecule has 162 valence electrons. The van der Waals surface area contributed by atoms with Crippen LogP contribution in [0.4, 0.5) is 15.8 Å². The number of nitrogens with one attached hydrogen (secondary N) is 1. The second-order valence-electron chi connectivity index (χ2n) is 7.56. The lowest BCUT2D eigenvalue weighted by Crippen LogP contribution is -2.14. The molecular weight excluding hydrogens is 419 g/mol. The maximum Gasteiger partial charge on any atom is 0.277 e. The van der Waals surface area contributed by atoms with Gasteiger partial charge in [-0.15, -0.1) is 5.10 Å². The quantitative estimate of drug-likeness (QED) is 0.393. The Labute approximate surface area is 188 Å². The Morgan fingerprint density at radius 2 is 1.76 bits per heavy atom. The second kappa shape index (κ2) is 8.51. The molecule has 5 aromatic rings. The molecule has 0 aliphatic rings. The Morgan fingerprint density at radius 1 is 0.970 bits per heavy atom. The number of carbonyl (C=O) groups is 1. The third-order valence-electron chi connectivity index (χ3n) is 5.23. The molecule has 8 heteroatoms. The predicted molar refractivity (Wildman–Crippen MR) is 125 cm³/mol. The van der Waals surface area contributed by atoms with Crippen LogP contribution in [0.25, 0.3) is 22.0 Å². The van der Waals surface area contributed by atoms with Crippen molar-refractivity contribution in [1.82, 2.24) is 20.0 Å². The summed E-state index contributed by atoms with van der Waals surface area (Å²) in [5, 5.41) is 11.9. The van der Waals surface area contributed by atoms with E-state index in [0.717, 1.165) is 27.7 Å². The van der Waals surface area contributed by atoms with Crippen molar-refractivity contribution in [3.05, 3.63) is 102 Å². The van der Waals surface area contributed by atoms with Crippen LogP contribution >= 0.6 is 0 Å². The van der Waals surface area contributed by atoms with Crippen molar-refractivity contribution in [2.45, 2.75) is 6.54 Å². The van der Waals surface area contributed by atoms with Crippen LogP contribution < -0.4 is 11.1 Å². The third kappa shape index (κ3) is 4.40. The number of para-hydroxylation sites is 1. The number of aromatic nitrogens is 4. The van der Waals surface area contributed by atoms with Crippen molar-refractivity contribution in [2.75, 3.05) is 11.1 Å². The molecule has 1 amide bonds. The molecule has 0 saturated carbocycles. The maximum absolute atomic E-state index is 13.2. The number of hydrogen-bond donors (Lipinski definition) is 2. The molecule has 2 aromatic heterocycles. The SMILES string of the molecule is Nc1ccc(-c2ccc(F)cc2)cc1NC(=O)c1cn(Cc2ccc3ccccc3n2)nn1. The molecule has 0 aliphatic heterocycles. The van der Waals surface area contributed by atoms with Gasteiger partial charge >= 0.3 is 0 Å². The summed E-state index contributed by atoms with van der Waals surface area (Å²) in [6.07, 6.45) is 1.56. The van der Waals surface area contributed by atoms with Gasteiger partial charge in [0.1, 0.15) is 5.82 Å². The van der Waals surface area contributed by atoms with Gasteiger partial charge in [-0.3, -0.25) is 9.78 Å². The smallest absolute Gasteiger partial charge is 0.277 e. The number of nitrogen functional groups attached to an aromatic ring is 1. The van der Waals surface area contributed by atoms with Crippen LogP contribution in [0.2, 0.25) is 0 Å². The molecule has 0 saturated heterocycles. The molecule has 7 nitrogen and oxygen atoms in total. The number of halogens is 1. The van der Waals surface area contributed by atoms with Gasteiger partial charge in [0.25, 0.3) is 5.91 Å². The molecule has 2 heterocycles. The van der Waals surface area contributed by atoms with E-state index in [9.17, 15) is 9.18 Å². The zero-order valence-corrected chi connectivity index (χ0v) is 17.4. The molecule has 3 aromatic carbocycles. The number of benzene rings is 3. The average molecular weight is 438 g/mol. The lowest BCUT2D eigenvalue weighted by molar-refractivity contribution is 0.102. The van der Waals surface area contributed by atoms with E-state index in [-0.39, 0.29) is 11.5 Å². The number of rotatable bonds is 5. The van der Waals surface area contributed by atoms with Gasteiger partial charge in [0.15, 0.2) is 5.69 Å². The van der Waals surface area contributed by atoms with Crippen LogP contribution in [0, 0.1) is 5.82 Å². The van der Waals surface area contributed by atoms with E-state index in [1.165, 1.54) is 12.1 Å². The van der Waals surface area contributed by atoms with Crippen LogP contribution in [0.1, 0.15) is 16.2 Å². The number of nitrogens with zero attached hydrogens (tertiary/aromatic N) is 4. The fraction of sp³-hybridized carbons (Fsp3) is 0.0400. The molecular formula is C25H19FN6O. The number of fused-ring (bicyclic) bond motifs is 1. The van der Waals surface area contributed by atoms with E-state index in [1.54, 1.807) is 35.1 Å². The Bertz CT molecular complexity index is 1460. The van der Waals surface area contributed by atoms with Crippen molar-refractivity contribution < 1.29 is 9.18 Å². The first-order valence-corrected chi connectivity index (χ1v) is 10.3. The molecule has 0 spiro atoms. The normalized spacial score (nSPS) is 10.9. The topological polar surface area (TPSA) is 98.7 Å². The average Bonchev–Trinajstić information content (AvgIpc) is 3.30. The number of nitrogens with two attached hydrogens (primary N) is 1. The van der Waals surface area contributed by atoms with E-state index in [2.05, 4.69) is 20.6 Å². The minimum absolute atomic E-state index is 0.155. The number of hydrogen-bond acceptors (Lipinski definition) is 5. The van der Waals surface area contributed by atoms with Gasteiger partial charge in [-0.05, 0) is 47.5 Å². The summed E-state index contributed by atoms with van der Waals surface area (Å²) in [6, 6.07) is 23.1. The monoisotopic (exact) mass is 438 g/mol. The van der Waals surface area contributed by atoms with Gasteiger partial charge in [-0.25, -0.2) is 9.07 Å². The van der Waals surface area contributed by atoms with Gasteiger partial charge < -0.3 is 11.1 Å². The summed E-state index contributed by atoms with van der Waals surface area (Å²) in [4.78, 5) is 17.4. The maximum atomic E-state index is 13.2. The summed E-state index contributed by atoms with van der Waals surface area (Å²) in [6.45, 7) is 0.382. The Kier molecular flexibility index (Phi) is 5.24. The summed E-state index contributed by atoms with van der Waals surface area (Å²) in [7, 11) is 0. The first-order chi connectivity index (χ1) is 16.0. The minimum atomic E-state index is -0.435. The lowest BCUT2D eigenvalue weighted by atomic mass is 10.0. The van der Waals surface area contributed by atoms with E-state index in [0.29, 0.717) is 17.9 Å². The predicted octanol–water partition coefficient (Wildman–Crippen LogP) is 4.52. The van der Waals surface area contributed by atoms with Gasteiger partial charge in [0, 0.05) is 5.39 Å². The highest BCUT2D eigenvalue weighted by atomic mass is 19.1. The van der Waals surface area contributed by atoms with Crippen molar-refractivity contribution in [2.24, 2.45) is 0 Å². The molecule has 3 N–H and O–H groups in total. The van der Waals surface area contributed by atoms with Gasteiger partial charge in [-0.1, -0.05) is 47.7 Å². The Balaban J connectivity index is 1.32. The third-order valence-corrected chi connectivity index (χ3v) is 5.23. The van der Waals surface area contributed by atoms with E-state index >= 15 is 0 Å². The fourth-order valence-electron chi connectivity index (χ4n) is 3.51. The zero-order chi connectivity index (χ0) is 22.8. The summed E-state index contributed by atoms with van der Waals surface area (Å²) in [5.74, 6) is -0.750. The molecule has 33 heavy (non-hydrogen) atoms. The number of anilines is 2. The van der Waals surface area contributed by atoms with Crippen LogP contribution in [-0.4, -0.2) is 25.9 Å². The van der Waals surface area contributed by atoms with E-state index in [4.69, 9.17) is 5.73 Å². The largest absolute Gasteiger partial charge is 0.397 e. The molecule has 0 unspecified atom stereocenters. The molecule has 0 aliphatic carbocycles. The molecule has 0 bridgehead atoms. The second-order valence-corrected chi connectivity index (χ2v) is 7.56. The first-order valence-electron chi connectivity index (χ1n) is 10.3. The van der Waals surface area contributed by atoms with E-state index in [1.807, 2.05) is 42.5 Å². The highest BCUT2D eigenvalue weighted by Crippen LogP contribution is 2.27. The highest BCUT2D eigenvalue weighted by molar-refractivity contribution is 6.04. The van der Waals surface area contributed by atoms with Gasteiger partial charge in [-0.2, -0.15) is 0 Å². The first kappa shape index (κ1) is 20.3. The number of pyridine rings is 1. The zero-order valence-electron chi connectivity index (χ0n) is 17.4. The highest BCUT2D eigenvalue weighted by Gasteiger charge is 2.14. The van der Waals surface area contributed by atoms with Gasteiger partial charge in [0.05, 0.1) is 35.3 Å². The molecule has 5 rings (SSSR count). The molecule has 0 fully saturated rings. The van der Waals surface area contributed by atoms with Crippen molar-refractivity contribution in [1.29, 1.82) is 0 Å². The molecule has 0 radical (unpaired) electrons. The lowest BCUT2D eigenvalue weighted by Gasteiger charge is -2.10. The summed E-state index contributed by atoms with van der Waals surface area (Å²) in [5.41, 5.74) is 10.3. The van der Waals surface area contributed by atoms with Crippen LogP contribution in [-0.2, 0) is 6.54 Å². The van der Waals surface area contributed by atoms with Crippen molar-refractivity contribution >= 4 is 28.2 Å². The Morgan fingerprint density at radius 3 is 2.61 bits per heavy atom. The number of carbonyl (C=O) groups excluding carboxylic acids is 1. The van der Waals surface area contributed by atoms with Gasteiger partial charge in [0.2, 0.25) is 0 Å². The Hall–Kier alpha value is -4.59. The summed E-state index contributed by atoms with van der Waals surface area (Å²) >= 11 is 0. The fourth-order valence-corrected chi connectivity index (χ4v) is 3.51. The molecule has 0 atom stereocenters. The van der Waals surface area contributed by atoms with Crippen LogP contribution in [0.15, 0.2) is 85.1 Å². The van der Waals surface area contributed by atoms with Crippen LogP contribution in [0.5, 0.6) is 0 Å².